The highest BCUT2D eigenvalue weighted by Gasteiger charge is 2.19. The van der Waals surface area contributed by atoms with Crippen molar-refractivity contribution in [2.75, 3.05) is 19.8 Å². The van der Waals surface area contributed by atoms with E-state index in [9.17, 15) is 0 Å². The van der Waals surface area contributed by atoms with Crippen LogP contribution in [0.3, 0.4) is 0 Å². The molecule has 1 heterocycles. The van der Waals surface area contributed by atoms with Crippen LogP contribution >= 0.6 is 0 Å². The smallest absolute Gasteiger partial charge is 0.137 e. The summed E-state index contributed by atoms with van der Waals surface area (Å²) in [5, 5.41) is 3.53. The molecule has 1 N–H and O–H groups in total. The van der Waals surface area contributed by atoms with Crippen molar-refractivity contribution in [1.82, 2.24) is 10.3 Å². The highest BCUT2D eigenvalue weighted by Crippen LogP contribution is 2.22. The Morgan fingerprint density at radius 1 is 1.20 bits per heavy atom. The Balaban J connectivity index is 2.82. The van der Waals surface area contributed by atoms with Gasteiger partial charge in [-0.3, -0.25) is 4.98 Å². The minimum absolute atomic E-state index is 0.106. The fraction of sp³-hybridized carbons (Fsp3) is 0.688. The zero-order chi connectivity index (χ0) is 14.8. The lowest BCUT2D eigenvalue weighted by Crippen LogP contribution is -2.32. The molecular formula is C16H28N2O2. The van der Waals surface area contributed by atoms with Gasteiger partial charge in [-0.15, -0.1) is 0 Å². The van der Waals surface area contributed by atoms with Gasteiger partial charge in [0, 0.05) is 12.8 Å². The highest BCUT2D eigenvalue weighted by molar-refractivity contribution is 5.26. The van der Waals surface area contributed by atoms with Gasteiger partial charge in [-0.2, -0.15) is 0 Å². The highest BCUT2D eigenvalue weighted by atomic mass is 16.5. The van der Waals surface area contributed by atoms with E-state index in [4.69, 9.17) is 9.47 Å². The van der Waals surface area contributed by atoms with Gasteiger partial charge in [0.1, 0.15) is 5.75 Å². The molecule has 4 heteroatoms. The number of hydrogen-bond donors (Lipinski definition) is 1. The van der Waals surface area contributed by atoms with Crippen molar-refractivity contribution in [2.45, 2.75) is 52.7 Å². The largest absolute Gasteiger partial charge is 0.492 e. The molecule has 1 rings (SSSR count). The monoisotopic (exact) mass is 280 g/mol. The Labute approximate surface area is 122 Å². The van der Waals surface area contributed by atoms with Gasteiger partial charge in [0.2, 0.25) is 0 Å². The van der Waals surface area contributed by atoms with Crippen LogP contribution in [-0.2, 0) is 4.74 Å². The maximum Gasteiger partial charge on any atom is 0.137 e. The maximum absolute atomic E-state index is 5.75. The van der Waals surface area contributed by atoms with Crippen molar-refractivity contribution in [3.8, 4) is 5.75 Å². The summed E-state index contributed by atoms with van der Waals surface area (Å²) in [6, 6.07) is 2.21. The van der Waals surface area contributed by atoms with Crippen LogP contribution in [0.5, 0.6) is 5.75 Å². The summed E-state index contributed by atoms with van der Waals surface area (Å²) in [4.78, 5) is 4.29. The predicted molar refractivity (Wildman–Crippen MR) is 82.1 cm³/mol. The molecule has 20 heavy (non-hydrogen) atoms. The molecule has 0 saturated carbocycles. The van der Waals surface area contributed by atoms with E-state index in [1.54, 1.807) is 6.20 Å². The molecule has 114 valence electrons. The number of pyridine rings is 1. The normalized spacial score (nSPS) is 14.0. The van der Waals surface area contributed by atoms with E-state index in [0.29, 0.717) is 6.61 Å². The third-order valence-corrected chi connectivity index (χ3v) is 3.08. The first-order valence-corrected chi connectivity index (χ1v) is 7.65. The van der Waals surface area contributed by atoms with E-state index in [-0.39, 0.29) is 12.1 Å². The van der Waals surface area contributed by atoms with E-state index < -0.39 is 0 Å². The molecule has 1 aromatic rings. The summed E-state index contributed by atoms with van der Waals surface area (Å²) in [5.41, 5.74) is 1.12. The van der Waals surface area contributed by atoms with Gasteiger partial charge < -0.3 is 14.8 Å². The summed E-state index contributed by atoms with van der Waals surface area (Å²) < 4.78 is 11.4. The quantitative estimate of drug-likeness (QED) is 0.714. The second kappa shape index (κ2) is 9.72. The minimum Gasteiger partial charge on any atom is -0.492 e. The fourth-order valence-corrected chi connectivity index (χ4v) is 2.12. The summed E-state index contributed by atoms with van der Waals surface area (Å²) in [6.07, 6.45) is 5.85. The van der Waals surface area contributed by atoms with Gasteiger partial charge in [0.15, 0.2) is 0 Å². The second-order valence-corrected chi connectivity index (χ2v) is 4.89. The van der Waals surface area contributed by atoms with Gasteiger partial charge in [0.05, 0.1) is 24.9 Å². The zero-order valence-corrected chi connectivity index (χ0v) is 13.2. The predicted octanol–water partition coefficient (Wildman–Crippen LogP) is 3.34. The molecule has 0 bridgehead atoms. The molecule has 0 amide bonds. The summed E-state index contributed by atoms with van der Waals surface area (Å²) >= 11 is 0. The minimum atomic E-state index is 0.106. The van der Waals surface area contributed by atoms with Gasteiger partial charge in [0.25, 0.3) is 0 Å². The molecule has 2 unspecified atom stereocenters. The lowest BCUT2D eigenvalue weighted by atomic mass is 10.0. The number of rotatable bonds is 10. The number of ether oxygens (including phenoxy) is 2. The molecule has 4 nitrogen and oxygen atoms in total. The molecule has 1 aromatic heterocycles. The first kappa shape index (κ1) is 16.9. The molecule has 0 aliphatic rings. The van der Waals surface area contributed by atoms with Crippen LogP contribution < -0.4 is 10.1 Å². The molecule has 0 radical (unpaired) electrons. The Kier molecular flexibility index (Phi) is 8.23. The molecule has 0 fully saturated rings. The van der Waals surface area contributed by atoms with Crippen LogP contribution in [0.2, 0.25) is 0 Å². The van der Waals surface area contributed by atoms with E-state index in [0.717, 1.165) is 37.3 Å². The molecule has 0 aliphatic carbocycles. The van der Waals surface area contributed by atoms with Gasteiger partial charge >= 0.3 is 0 Å². The van der Waals surface area contributed by atoms with Crippen LogP contribution in [0.15, 0.2) is 18.5 Å². The molecule has 2 atom stereocenters. The van der Waals surface area contributed by atoms with Gasteiger partial charge in [-0.1, -0.05) is 13.8 Å². The van der Waals surface area contributed by atoms with Crippen LogP contribution in [0, 0.1) is 0 Å². The van der Waals surface area contributed by atoms with E-state index in [1.807, 2.05) is 13.1 Å². The Bertz CT molecular complexity index is 371. The fourth-order valence-electron chi connectivity index (χ4n) is 2.12. The summed E-state index contributed by atoms with van der Waals surface area (Å²) in [7, 11) is 0. The molecule has 0 saturated heterocycles. The average molecular weight is 280 g/mol. The topological polar surface area (TPSA) is 43.4 Å². The number of hydrogen-bond acceptors (Lipinski definition) is 4. The zero-order valence-electron chi connectivity index (χ0n) is 13.2. The third-order valence-electron chi connectivity index (χ3n) is 3.08. The van der Waals surface area contributed by atoms with E-state index in [2.05, 4.69) is 37.1 Å². The maximum atomic E-state index is 5.75. The second-order valence-electron chi connectivity index (χ2n) is 4.89. The summed E-state index contributed by atoms with van der Waals surface area (Å²) in [5.74, 6) is 0.830. The van der Waals surface area contributed by atoms with Crippen LogP contribution in [0.25, 0.3) is 0 Å². The molecule has 0 aliphatic heterocycles. The van der Waals surface area contributed by atoms with Crippen molar-refractivity contribution >= 4 is 0 Å². The van der Waals surface area contributed by atoms with Crippen LogP contribution in [-0.4, -0.2) is 30.8 Å². The van der Waals surface area contributed by atoms with Crippen molar-refractivity contribution in [3.63, 3.8) is 0 Å². The number of nitrogens with zero attached hydrogens (tertiary/aromatic N) is 1. The summed E-state index contributed by atoms with van der Waals surface area (Å²) in [6.45, 7) is 10.8. The molecule has 0 spiro atoms. The van der Waals surface area contributed by atoms with Crippen LogP contribution in [0.1, 0.15) is 52.1 Å². The van der Waals surface area contributed by atoms with Gasteiger partial charge in [-0.25, -0.2) is 0 Å². The SMILES string of the molecule is CCCNC(c1cncc(OCCC)c1)C(C)OCC. The Hall–Kier alpha value is -1.13. The van der Waals surface area contributed by atoms with Crippen molar-refractivity contribution in [1.29, 1.82) is 0 Å². The van der Waals surface area contributed by atoms with Crippen molar-refractivity contribution in [2.24, 2.45) is 0 Å². The number of aromatic nitrogens is 1. The first-order valence-electron chi connectivity index (χ1n) is 7.65. The third kappa shape index (κ3) is 5.47. The Morgan fingerprint density at radius 2 is 2.00 bits per heavy atom. The molecule has 0 aromatic carbocycles. The Morgan fingerprint density at radius 3 is 2.65 bits per heavy atom. The van der Waals surface area contributed by atoms with Crippen molar-refractivity contribution in [3.05, 3.63) is 24.0 Å². The lowest BCUT2D eigenvalue weighted by Gasteiger charge is -2.25. The average Bonchev–Trinajstić information content (AvgIpc) is 2.46. The van der Waals surface area contributed by atoms with Crippen LogP contribution in [0.4, 0.5) is 0 Å². The van der Waals surface area contributed by atoms with Crippen molar-refractivity contribution < 1.29 is 9.47 Å². The number of nitrogens with one attached hydrogen (secondary N) is 1. The van der Waals surface area contributed by atoms with E-state index in [1.165, 1.54) is 0 Å². The van der Waals surface area contributed by atoms with Gasteiger partial charge in [-0.05, 0) is 44.9 Å². The standard InChI is InChI=1S/C16H28N2O2/c1-5-8-18-16(13(4)19-7-3)14-10-15(12-17-11-14)20-9-6-2/h10-13,16,18H,5-9H2,1-4H3. The lowest BCUT2D eigenvalue weighted by molar-refractivity contribution is 0.0471. The van der Waals surface area contributed by atoms with E-state index >= 15 is 0 Å². The molecular weight excluding hydrogens is 252 g/mol. The first-order chi connectivity index (χ1) is 9.72.